The molecule has 0 aliphatic rings. The zero-order valence-electron chi connectivity index (χ0n) is 9.89. The van der Waals surface area contributed by atoms with Crippen LogP contribution in [0.5, 0.6) is 0 Å². The van der Waals surface area contributed by atoms with E-state index in [1.54, 1.807) is 0 Å². The first-order valence-electron chi connectivity index (χ1n) is 6.15. The molecule has 0 aliphatic heterocycles. The third kappa shape index (κ3) is 10.0. The van der Waals surface area contributed by atoms with Crippen LogP contribution in [-0.4, -0.2) is 24.3 Å². The largest absolute Gasteiger partial charge is 0.395 e. The van der Waals surface area contributed by atoms with E-state index in [1.807, 2.05) is 0 Å². The minimum absolute atomic E-state index is 0.251. The van der Waals surface area contributed by atoms with Crippen LogP contribution in [-0.2, 0) is 0 Å². The van der Waals surface area contributed by atoms with E-state index in [9.17, 15) is 0 Å². The van der Waals surface area contributed by atoms with Gasteiger partial charge in [0.2, 0.25) is 0 Å². The molecule has 0 spiro atoms. The standard InChI is InChI=1S/C12H27NO/c1-3-4-5-6-7-8-9-12(2)13-10-11-14/h12-14H,3-11H2,1-2H3/t12-/m1/s1. The highest BCUT2D eigenvalue weighted by Crippen LogP contribution is 2.08. The average Bonchev–Trinajstić information content (AvgIpc) is 2.20. The van der Waals surface area contributed by atoms with Crippen molar-refractivity contribution in [1.82, 2.24) is 5.32 Å². The molecule has 2 heteroatoms. The van der Waals surface area contributed by atoms with Gasteiger partial charge in [-0.25, -0.2) is 0 Å². The van der Waals surface area contributed by atoms with E-state index in [0.29, 0.717) is 6.04 Å². The van der Waals surface area contributed by atoms with Crippen LogP contribution in [0, 0.1) is 0 Å². The van der Waals surface area contributed by atoms with Gasteiger partial charge < -0.3 is 10.4 Å². The Morgan fingerprint density at radius 2 is 1.71 bits per heavy atom. The minimum atomic E-state index is 0.251. The van der Waals surface area contributed by atoms with Gasteiger partial charge in [0.1, 0.15) is 0 Å². The minimum Gasteiger partial charge on any atom is -0.395 e. The maximum Gasteiger partial charge on any atom is 0.0556 e. The third-order valence-corrected chi connectivity index (χ3v) is 2.60. The monoisotopic (exact) mass is 201 g/mol. The molecule has 0 aromatic rings. The number of hydrogen-bond acceptors (Lipinski definition) is 2. The highest BCUT2D eigenvalue weighted by atomic mass is 16.3. The van der Waals surface area contributed by atoms with Gasteiger partial charge in [-0.15, -0.1) is 0 Å². The fourth-order valence-corrected chi connectivity index (χ4v) is 1.64. The Labute approximate surface area is 89.1 Å². The van der Waals surface area contributed by atoms with Gasteiger partial charge in [-0.3, -0.25) is 0 Å². The van der Waals surface area contributed by atoms with Crippen molar-refractivity contribution < 1.29 is 5.11 Å². The van der Waals surface area contributed by atoms with Crippen LogP contribution in [0.15, 0.2) is 0 Å². The maximum atomic E-state index is 8.62. The van der Waals surface area contributed by atoms with E-state index >= 15 is 0 Å². The molecule has 0 fully saturated rings. The second-order valence-electron chi connectivity index (χ2n) is 4.14. The summed E-state index contributed by atoms with van der Waals surface area (Å²) in [5, 5.41) is 11.9. The molecule has 1 atom stereocenters. The van der Waals surface area contributed by atoms with Crippen molar-refractivity contribution in [3.05, 3.63) is 0 Å². The molecule has 0 saturated carbocycles. The predicted molar refractivity (Wildman–Crippen MR) is 62.5 cm³/mol. The summed E-state index contributed by atoms with van der Waals surface area (Å²) < 4.78 is 0. The molecule has 0 bridgehead atoms. The van der Waals surface area contributed by atoms with Crippen molar-refractivity contribution in [3.8, 4) is 0 Å². The van der Waals surface area contributed by atoms with Crippen LogP contribution in [0.25, 0.3) is 0 Å². The van der Waals surface area contributed by atoms with Crippen molar-refractivity contribution in [2.75, 3.05) is 13.2 Å². The van der Waals surface area contributed by atoms with Crippen LogP contribution in [0.2, 0.25) is 0 Å². The smallest absolute Gasteiger partial charge is 0.0556 e. The molecule has 2 nitrogen and oxygen atoms in total. The molecule has 0 saturated heterocycles. The van der Waals surface area contributed by atoms with Crippen LogP contribution < -0.4 is 5.32 Å². The van der Waals surface area contributed by atoms with E-state index in [0.717, 1.165) is 6.54 Å². The predicted octanol–water partition coefficient (Wildman–Crippen LogP) is 2.71. The molecule has 0 heterocycles. The van der Waals surface area contributed by atoms with Gasteiger partial charge in [0, 0.05) is 12.6 Å². The molecular weight excluding hydrogens is 174 g/mol. The van der Waals surface area contributed by atoms with Crippen molar-refractivity contribution in [1.29, 1.82) is 0 Å². The zero-order chi connectivity index (χ0) is 10.6. The van der Waals surface area contributed by atoms with E-state index in [-0.39, 0.29) is 6.61 Å². The van der Waals surface area contributed by atoms with E-state index in [2.05, 4.69) is 19.2 Å². The lowest BCUT2D eigenvalue weighted by atomic mass is 10.1. The van der Waals surface area contributed by atoms with Gasteiger partial charge in [0.15, 0.2) is 0 Å². The summed E-state index contributed by atoms with van der Waals surface area (Å²) in [7, 11) is 0. The van der Waals surface area contributed by atoms with Crippen LogP contribution in [0.3, 0.4) is 0 Å². The van der Waals surface area contributed by atoms with Crippen molar-refractivity contribution in [2.45, 2.75) is 64.8 Å². The molecule has 0 unspecified atom stereocenters. The third-order valence-electron chi connectivity index (χ3n) is 2.60. The van der Waals surface area contributed by atoms with E-state index in [1.165, 1.54) is 44.9 Å². The lowest BCUT2D eigenvalue weighted by Crippen LogP contribution is -2.28. The summed E-state index contributed by atoms with van der Waals surface area (Å²) >= 11 is 0. The Hall–Kier alpha value is -0.0800. The molecule has 86 valence electrons. The lowest BCUT2D eigenvalue weighted by Gasteiger charge is -2.12. The highest BCUT2D eigenvalue weighted by molar-refractivity contribution is 4.59. The van der Waals surface area contributed by atoms with Gasteiger partial charge >= 0.3 is 0 Å². The summed E-state index contributed by atoms with van der Waals surface area (Å²) in [4.78, 5) is 0. The van der Waals surface area contributed by atoms with E-state index < -0.39 is 0 Å². The summed E-state index contributed by atoms with van der Waals surface area (Å²) in [5.41, 5.74) is 0. The van der Waals surface area contributed by atoms with Crippen LogP contribution in [0.4, 0.5) is 0 Å². The van der Waals surface area contributed by atoms with Gasteiger partial charge in [-0.05, 0) is 13.3 Å². The number of hydrogen-bond donors (Lipinski definition) is 2. The second kappa shape index (κ2) is 11.0. The zero-order valence-corrected chi connectivity index (χ0v) is 9.89. The Morgan fingerprint density at radius 3 is 2.36 bits per heavy atom. The fourth-order valence-electron chi connectivity index (χ4n) is 1.64. The SMILES string of the molecule is CCCCCCCC[C@@H](C)NCCO. The summed E-state index contributed by atoms with van der Waals surface area (Å²) in [5.74, 6) is 0. The number of nitrogens with one attached hydrogen (secondary N) is 1. The molecule has 0 radical (unpaired) electrons. The first kappa shape index (κ1) is 13.9. The Kier molecular flexibility index (Phi) is 10.9. The fraction of sp³-hybridized carbons (Fsp3) is 1.00. The normalized spacial score (nSPS) is 13.1. The number of rotatable bonds is 10. The number of unbranched alkanes of at least 4 members (excludes halogenated alkanes) is 5. The summed E-state index contributed by atoms with van der Waals surface area (Å²) in [6.07, 6.45) is 9.43. The summed E-state index contributed by atoms with van der Waals surface area (Å²) in [6.45, 7) is 5.43. The summed E-state index contributed by atoms with van der Waals surface area (Å²) in [6, 6.07) is 0.563. The maximum absolute atomic E-state index is 8.62. The van der Waals surface area contributed by atoms with Gasteiger partial charge in [-0.1, -0.05) is 45.4 Å². The average molecular weight is 201 g/mol. The quantitative estimate of drug-likeness (QED) is 0.533. The molecule has 0 rings (SSSR count). The molecular formula is C12H27NO. The van der Waals surface area contributed by atoms with Crippen LogP contribution >= 0.6 is 0 Å². The number of aliphatic hydroxyl groups is 1. The molecule has 0 aromatic heterocycles. The lowest BCUT2D eigenvalue weighted by molar-refractivity contribution is 0.283. The molecule has 2 N–H and O–H groups in total. The van der Waals surface area contributed by atoms with Crippen LogP contribution in [0.1, 0.15) is 58.8 Å². The Balaban J connectivity index is 3.02. The molecule has 0 amide bonds. The first-order valence-corrected chi connectivity index (χ1v) is 6.15. The molecule has 14 heavy (non-hydrogen) atoms. The Bertz CT molecular complexity index is 106. The van der Waals surface area contributed by atoms with Crippen molar-refractivity contribution in [3.63, 3.8) is 0 Å². The van der Waals surface area contributed by atoms with Crippen molar-refractivity contribution >= 4 is 0 Å². The van der Waals surface area contributed by atoms with Gasteiger partial charge in [-0.2, -0.15) is 0 Å². The molecule has 0 aromatic carbocycles. The van der Waals surface area contributed by atoms with E-state index in [4.69, 9.17) is 5.11 Å². The van der Waals surface area contributed by atoms with Gasteiger partial charge in [0.05, 0.1) is 6.61 Å². The number of aliphatic hydroxyl groups excluding tert-OH is 1. The second-order valence-corrected chi connectivity index (χ2v) is 4.14. The molecule has 0 aliphatic carbocycles. The highest BCUT2D eigenvalue weighted by Gasteiger charge is 1.99. The topological polar surface area (TPSA) is 32.3 Å². The van der Waals surface area contributed by atoms with Gasteiger partial charge in [0.25, 0.3) is 0 Å². The first-order chi connectivity index (χ1) is 6.81. The van der Waals surface area contributed by atoms with Crippen molar-refractivity contribution in [2.24, 2.45) is 0 Å². The Morgan fingerprint density at radius 1 is 1.07 bits per heavy atom.